The molecule has 0 spiro atoms. The lowest BCUT2D eigenvalue weighted by Crippen LogP contribution is -2.31. The first-order chi connectivity index (χ1) is 13.1. The summed E-state index contributed by atoms with van der Waals surface area (Å²) in [5.41, 5.74) is 1.59. The number of ether oxygens (including phenoxy) is 1. The molecule has 1 atom stereocenters. The van der Waals surface area contributed by atoms with Gasteiger partial charge in [0.2, 0.25) is 10.0 Å². The third kappa shape index (κ3) is 5.17. The molecule has 0 unspecified atom stereocenters. The molecule has 0 fully saturated rings. The van der Waals surface area contributed by atoms with Crippen molar-refractivity contribution >= 4 is 21.9 Å². The molecule has 0 bridgehead atoms. The van der Waals surface area contributed by atoms with Crippen molar-refractivity contribution in [2.45, 2.75) is 24.8 Å². The second kappa shape index (κ2) is 8.99. The molecule has 2 aromatic rings. The Kier molecular flexibility index (Phi) is 6.93. The third-order valence-electron chi connectivity index (χ3n) is 4.22. The summed E-state index contributed by atoms with van der Waals surface area (Å²) in [6.45, 7) is 3.04. The zero-order valence-electron chi connectivity index (χ0n) is 16.3. The van der Waals surface area contributed by atoms with Gasteiger partial charge < -0.3 is 10.1 Å². The first-order valence-corrected chi connectivity index (χ1v) is 10.1. The van der Waals surface area contributed by atoms with Crippen LogP contribution in [0.1, 0.15) is 34.5 Å². The summed E-state index contributed by atoms with van der Waals surface area (Å²) >= 11 is 0. The number of carbonyl (C=O) groups excluding carboxylic acids is 2. The van der Waals surface area contributed by atoms with E-state index < -0.39 is 28.5 Å². The van der Waals surface area contributed by atoms with Gasteiger partial charge in [-0.1, -0.05) is 36.4 Å². The minimum absolute atomic E-state index is 0.0165. The highest BCUT2D eigenvalue weighted by molar-refractivity contribution is 7.89. The normalized spacial score (nSPS) is 12.5. The fourth-order valence-corrected chi connectivity index (χ4v) is 3.44. The molecule has 0 aliphatic heterocycles. The smallest absolute Gasteiger partial charge is 0.338 e. The first kappa shape index (κ1) is 21.6. The molecule has 0 heterocycles. The Morgan fingerprint density at radius 3 is 2.36 bits per heavy atom. The summed E-state index contributed by atoms with van der Waals surface area (Å²) in [6, 6.07) is 13.4. The SMILES string of the molecule is Cc1ccc(S(=O)(=O)N(C)C)cc1C(=O)OCC(=O)N[C@H](C)c1ccccc1. The summed E-state index contributed by atoms with van der Waals surface area (Å²) < 4.78 is 30.6. The first-order valence-electron chi connectivity index (χ1n) is 8.67. The van der Waals surface area contributed by atoms with Gasteiger partial charge in [0.05, 0.1) is 16.5 Å². The second-order valence-electron chi connectivity index (χ2n) is 6.54. The molecule has 8 heteroatoms. The van der Waals surface area contributed by atoms with Crippen LogP contribution in [0.4, 0.5) is 0 Å². The number of benzene rings is 2. The molecule has 150 valence electrons. The Morgan fingerprint density at radius 2 is 1.75 bits per heavy atom. The van der Waals surface area contributed by atoms with E-state index in [4.69, 9.17) is 4.74 Å². The van der Waals surface area contributed by atoms with Crippen molar-refractivity contribution in [2.24, 2.45) is 0 Å². The molecule has 0 saturated heterocycles. The topological polar surface area (TPSA) is 92.8 Å². The van der Waals surface area contributed by atoms with E-state index in [1.54, 1.807) is 6.92 Å². The Labute approximate surface area is 165 Å². The van der Waals surface area contributed by atoms with Crippen LogP contribution in [0.3, 0.4) is 0 Å². The van der Waals surface area contributed by atoms with E-state index in [0.29, 0.717) is 5.56 Å². The molecule has 0 aliphatic carbocycles. The van der Waals surface area contributed by atoms with Gasteiger partial charge in [0.15, 0.2) is 6.61 Å². The van der Waals surface area contributed by atoms with Crippen molar-refractivity contribution in [3.8, 4) is 0 Å². The monoisotopic (exact) mass is 404 g/mol. The molecule has 0 aliphatic rings. The third-order valence-corrected chi connectivity index (χ3v) is 6.03. The fourth-order valence-electron chi connectivity index (χ4n) is 2.51. The Balaban J connectivity index is 2.04. The second-order valence-corrected chi connectivity index (χ2v) is 8.69. The minimum atomic E-state index is -3.68. The zero-order valence-corrected chi connectivity index (χ0v) is 17.1. The standard InChI is InChI=1S/C20H24N2O5S/c1-14-10-11-17(28(25,26)22(3)4)12-18(14)20(24)27-13-19(23)21-15(2)16-8-6-5-7-9-16/h5-12,15H,13H2,1-4H3,(H,21,23)/t15-/m1/s1. The van der Waals surface area contributed by atoms with E-state index >= 15 is 0 Å². The molecule has 2 aromatic carbocycles. The van der Waals surface area contributed by atoms with E-state index in [0.717, 1.165) is 9.87 Å². The highest BCUT2D eigenvalue weighted by atomic mass is 32.2. The number of nitrogens with one attached hydrogen (secondary N) is 1. The number of amides is 1. The van der Waals surface area contributed by atoms with Gasteiger partial charge >= 0.3 is 5.97 Å². The van der Waals surface area contributed by atoms with Crippen LogP contribution in [0.25, 0.3) is 0 Å². The summed E-state index contributed by atoms with van der Waals surface area (Å²) in [5.74, 6) is -1.20. The van der Waals surface area contributed by atoms with Crippen LogP contribution >= 0.6 is 0 Å². The fraction of sp³-hybridized carbons (Fsp3) is 0.300. The van der Waals surface area contributed by atoms with Crippen LogP contribution in [0.5, 0.6) is 0 Å². The number of hydrogen-bond donors (Lipinski definition) is 1. The highest BCUT2D eigenvalue weighted by Crippen LogP contribution is 2.19. The molecule has 0 saturated carbocycles. The van der Waals surface area contributed by atoms with Crippen LogP contribution < -0.4 is 5.32 Å². The van der Waals surface area contributed by atoms with E-state index in [1.807, 2.05) is 37.3 Å². The predicted octanol–water partition coefficient (Wildman–Crippen LogP) is 2.28. The van der Waals surface area contributed by atoms with E-state index in [2.05, 4.69) is 5.32 Å². The van der Waals surface area contributed by atoms with Gasteiger partial charge in [0.25, 0.3) is 5.91 Å². The van der Waals surface area contributed by atoms with Crippen molar-refractivity contribution in [1.29, 1.82) is 0 Å². The van der Waals surface area contributed by atoms with Crippen molar-refractivity contribution < 1.29 is 22.7 Å². The van der Waals surface area contributed by atoms with Crippen molar-refractivity contribution in [3.05, 3.63) is 65.2 Å². The minimum Gasteiger partial charge on any atom is -0.452 e. The molecule has 7 nitrogen and oxygen atoms in total. The zero-order chi connectivity index (χ0) is 20.9. The van der Waals surface area contributed by atoms with Crippen molar-refractivity contribution in [2.75, 3.05) is 20.7 Å². The quantitative estimate of drug-likeness (QED) is 0.715. The van der Waals surface area contributed by atoms with Gasteiger partial charge in [-0.2, -0.15) is 0 Å². The average Bonchev–Trinajstić information content (AvgIpc) is 2.66. The molecular weight excluding hydrogens is 380 g/mol. The summed E-state index contributed by atoms with van der Waals surface area (Å²) in [5, 5.41) is 2.75. The summed E-state index contributed by atoms with van der Waals surface area (Å²) in [7, 11) is -0.865. The maximum Gasteiger partial charge on any atom is 0.338 e. The van der Waals surface area contributed by atoms with Crippen LogP contribution in [-0.4, -0.2) is 45.3 Å². The lowest BCUT2D eigenvalue weighted by Gasteiger charge is -2.15. The number of nitrogens with zero attached hydrogens (tertiary/aromatic N) is 1. The summed E-state index contributed by atoms with van der Waals surface area (Å²) in [4.78, 5) is 24.4. The van der Waals surface area contributed by atoms with Gasteiger partial charge in [-0.15, -0.1) is 0 Å². The summed E-state index contributed by atoms with van der Waals surface area (Å²) in [6.07, 6.45) is 0. The number of carbonyl (C=O) groups is 2. The molecule has 0 radical (unpaired) electrons. The Bertz CT molecular complexity index is 956. The molecule has 28 heavy (non-hydrogen) atoms. The molecule has 1 amide bonds. The number of esters is 1. The van der Waals surface area contributed by atoms with Crippen LogP contribution in [-0.2, 0) is 19.6 Å². The number of hydrogen-bond acceptors (Lipinski definition) is 5. The number of rotatable bonds is 7. The molecule has 1 N–H and O–H groups in total. The van der Waals surface area contributed by atoms with Gasteiger partial charge in [-0.25, -0.2) is 17.5 Å². The maximum atomic E-state index is 12.4. The van der Waals surface area contributed by atoms with E-state index in [-0.39, 0.29) is 16.5 Å². The lowest BCUT2D eigenvalue weighted by atomic mass is 10.1. The Hall–Kier alpha value is -2.71. The van der Waals surface area contributed by atoms with Crippen molar-refractivity contribution in [3.63, 3.8) is 0 Å². The largest absolute Gasteiger partial charge is 0.452 e. The molecule has 0 aromatic heterocycles. The van der Waals surface area contributed by atoms with Gasteiger partial charge in [-0.3, -0.25) is 4.79 Å². The van der Waals surface area contributed by atoms with Crippen molar-refractivity contribution in [1.82, 2.24) is 9.62 Å². The molecular formula is C20H24N2O5S. The van der Waals surface area contributed by atoms with Gasteiger partial charge in [0.1, 0.15) is 0 Å². The van der Waals surface area contributed by atoms with Gasteiger partial charge in [0, 0.05) is 14.1 Å². The number of aryl methyl sites for hydroxylation is 1. The number of sulfonamides is 1. The predicted molar refractivity (Wildman–Crippen MR) is 105 cm³/mol. The van der Waals surface area contributed by atoms with E-state index in [1.165, 1.54) is 32.3 Å². The van der Waals surface area contributed by atoms with Crippen LogP contribution in [0.2, 0.25) is 0 Å². The lowest BCUT2D eigenvalue weighted by molar-refractivity contribution is -0.124. The highest BCUT2D eigenvalue weighted by Gasteiger charge is 2.21. The average molecular weight is 404 g/mol. The van der Waals surface area contributed by atoms with Crippen LogP contribution in [0.15, 0.2) is 53.4 Å². The Morgan fingerprint density at radius 1 is 1.11 bits per heavy atom. The van der Waals surface area contributed by atoms with Crippen LogP contribution in [0, 0.1) is 6.92 Å². The molecule has 2 rings (SSSR count). The van der Waals surface area contributed by atoms with Gasteiger partial charge in [-0.05, 0) is 37.1 Å². The maximum absolute atomic E-state index is 12.4. The van der Waals surface area contributed by atoms with E-state index in [9.17, 15) is 18.0 Å².